The first-order valence-electron chi connectivity index (χ1n) is 7.67. The minimum absolute atomic E-state index is 0.253. The lowest BCUT2D eigenvalue weighted by Gasteiger charge is -2.30. The number of ether oxygens (including phenoxy) is 1. The number of pyridine rings is 1. The Morgan fingerprint density at radius 3 is 2.55 bits per heavy atom. The van der Waals surface area contributed by atoms with E-state index in [1.807, 2.05) is 13.1 Å². The maximum Gasteiger partial charge on any atom is 0.128 e. The third-order valence-corrected chi connectivity index (χ3v) is 4.00. The van der Waals surface area contributed by atoms with Crippen LogP contribution in [0.3, 0.4) is 0 Å². The number of nitrogens with zero attached hydrogens (tertiary/aromatic N) is 1. The largest absolute Gasteiger partial charge is 0.496 e. The van der Waals surface area contributed by atoms with E-state index in [2.05, 4.69) is 38.0 Å². The Morgan fingerprint density at radius 2 is 2.00 bits per heavy atom. The molecule has 0 aliphatic rings. The Balaban J connectivity index is 2.99. The summed E-state index contributed by atoms with van der Waals surface area (Å²) in [5.41, 5.74) is 3.72. The van der Waals surface area contributed by atoms with Crippen molar-refractivity contribution < 1.29 is 4.74 Å². The summed E-state index contributed by atoms with van der Waals surface area (Å²) in [7, 11) is 1.74. The summed E-state index contributed by atoms with van der Waals surface area (Å²) < 4.78 is 5.52. The van der Waals surface area contributed by atoms with Crippen molar-refractivity contribution in [3.63, 3.8) is 0 Å². The van der Waals surface area contributed by atoms with Gasteiger partial charge in [-0.3, -0.25) is 4.98 Å². The van der Waals surface area contributed by atoms with Crippen LogP contribution < -0.4 is 10.1 Å². The number of aryl methyl sites for hydroxylation is 1. The Labute approximate surface area is 124 Å². The highest BCUT2D eigenvalue weighted by Crippen LogP contribution is 2.31. The van der Waals surface area contributed by atoms with Gasteiger partial charge < -0.3 is 10.1 Å². The molecule has 3 heteroatoms. The van der Waals surface area contributed by atoms with E-state index in [-0.39, 0.29) is 5.41 Å². The average Bonchev–Trinajstić information content (AvgIpc) is 2.41. The van der Waals surface area contributed by atoms with E-state index in [9.17, 15) is 0 Å². The van der Waals surface area contributed by atoms with Gasteiger partial charge >= 0.3 is 0 Å². The van der Waals surface area contributed by atoms with Gasteiger partial charge in [0.15, 0.2) is 0 Å². The smallest absolute Gasteiger partial charge is 0.128 e. The monoisotopic (exact) mass is 278 g/mol. The molecule has 0 saturated heterocycles. The van der Waals surface area contributed by atoms with E-state index in [0.717, 1.165) is 30.8 Å². The number of hydrogen-bond donors (Lipinski definition) is 1. The molecule has 1 N–H and O–H groups in total. The van der Waals surface area contributed by atoms with Crippen molar-refractivity contribution in [2.75, 3.05) is 20.2 Å². The van der Waals surface area contributed by atoms with Crippen LogP contribution in [-0.2, 0) is 6.42 Å². The first kappa shape index (κ1) is 17.0. The van der Waals surface area contributed by atoms with Crippen LogP contribution in [0.25, 0.3) is 0 Å². The van der Waals surface area contributed by atoms with Crippen molar-refractivity contribution >= 4 is 0 Å². The lowest BCUT2D eigenvalue weighted by atomic mass is 9.80. The zero-order valence-electron chi connectivity index (χ0n) is 14.0. The summed E-state index contributed by atoms with van der Waals surface area (Å²) in [5, 5.41) is 3.49. The standard InChI is InChI=1S/C17H30N2O/c1-7-9-17(5,12-18-8-2)10-15-14(4)16(20-6)13(3)11-19-15/h11,18H,7-10,12H2,1-6H3. The number of hydrogen-bond acceptors (Lipinski definition) is 3. The van der Waals surface area contributed by atoms with Crippen LogP contribution >= 0.6 is 0 Å². The molecule has 1 atom stereocenters. The van der Waals surface area contributed by atoms with Crippen LogP contribution in [0, 0.1) is 19.3 Å². The van der Waals surface area contributed by atoms with Gasteiger partial charge in [-0.2, -0.15) is 0 Å². The lowest BCUT2D eigenvalue weighted by Crippen LogP contribution is -2.34. The molecule has 0 amide bonds. The third-order valence-electron chi connectivity index (χ3n) is 4.00. The fourth-order valence-corrected chi connectivity index (χ4v) is 2.92. The predicted octanol–water partition coefficient (Wildman–Crippen LogP) is 3.67. The predicted molar refractivity (Wildman–Crippen MR) is 85.5 cm³/mol. The molecular weight excluding hydrogens is 248 g/mol. The molecule has 0 saturated carbocycles. The van der Waals surface area contributed by atoms with Crippen LogP contribution in [0.15, 0.2) is 6.20 Å². The molecule has 3 nitrogen and oxygen atoms in total. The molecule has 1 rings (SSSR count). The SMILES string of the molecule is CCCC(C)(CNCC)Cc1ncc(C)c(OC)c1C. The first-order chi connectivity index (χ1) is 9.47. The Morgan fingerprint density at radius 1 is 1.30 bits per heavy atom. The summed E-state index contributed by atoms with van der Waals surface area (Å²) >= 11 is 0. The van der Waals surface area contributed by atoms with Gasteiger partial charge in [-0.1, -0.05) is 27.2 Å². The van der Waals surface area contributed by atoms with Crippen molar-refractivity contribution in [3.05, 3.63) is 23.0 Å². The Bertz CT molecular complexity index is 431. The number of aromatic nitrogens is 1. The zero-order chi connectivity index (χ0) is 15.2. The number of nitrogens with one attached hydrogen (secondary N) is 1. The van der Waals surface area contributed by atoms with Crippen LogP contribution in [0.1, 0.15) is 50.4 Å². The lowest BCUT2D eigenvalue weighted by molar-refractivity contribution is 0.274. The van der Waals surface area contributed by atoms with E-state index in [0.29, 0.717) is 0 Å². The van der Waals surface area contributed by atoms with Crippen molar-refractivity contribution in [2.24, 2.45) is 5.41 Å². The van der Waals surface area contributed by atoms with Gasteiger partial charge in [0.05, 0.1) is 7.11 Å². The number of rotatable bonds is 8. The molecule has 20 heavy (non-hydrogen) atoms. The molecule has 0 aliphatic carbocycles. The molecule has 0 aliphatic heterocycles. The molecule has 0 radical (unpaired) electrons. The molecule has 1 aromatic rings. The van der Waals surface area contributed by atoms with E-state index < -0.39 is 0 Å². The molecule has 0 fully saturated rings. The van der Waals surface area contributed by atoms with Crippen molar-refractivity contribution in [1.82, 2.24) is 10.3 Å². The fourth-order valence-electron chi connectivity index (χ4n) is 2.92. The third kappa shape index (κ3) is 4.20. The first-order valence-corrected chi connectivity index (χ1v) is 7.67. The minimum Gasteiger partial charge on any atom is -0.496 e. The second-order valence-corrected chi connectivity index (χ2v) is 6.06. The average molecular weight is 278 g/mol. The number of methoxy groups -OCH3 is 1. The van der Waals surface area contributed by atoms with Gasteiger partial charge in [-0.25, -0.2) is 0 Å². The Hall–Kier alpha value is -1.09. The molecule has 114 valence electrons. The minimum atomic E-state index is 0.253. The van der Waals surface area contributed by atoms with Gasteiger partial charge in [0, 0.05) is 29.6 Å². The summed E-state index contributed by atoms with van der Waals surface area (Å²) in [6, 6.07) is 0. The molecule has 0 aromatic carbocycles. The van der Waals surface area contributed by atoms with Crippen LogP contribution in [0.2, 0.25) is 0 Å². The quantitative estimate of drug-likeness (QED) is 0.788. The molecular formula is C17H30N2O. The molecule has 1 heterocycles. The summed E-state index contributed by atoms with van der Waals surface area (Å²) in [6.07, 6.45) is 5.33. The van der Waals surface area contributed by atoms with Crippen molar-refractivity contribution in [3.8, 4) is 5.75 Å². The van der Waals surface area contributed by atoms with Gasteiger partial charge in [0.1, 0.15) is 5.75 Å². The van der Waals surface area contributed by atoms with Crippen molar-refractivity contribution in [1.29, 1.82) is 0 Å². The van der Waals surface area contributed by atoms with Crippen LogP contribution in [0.5, 0.6) is 5.75 Å². The molecule has 1 unspecified atom stereocenters. The van der Waals surface area contributed by atoms with E-state index in [1.54, 1.807) is 7.11 Å². The van der Waals surface area contributed by atoms with Gasteiger partial charge in [-0.05, 0) is 38.6 Å². The van der Waals surface area contributed by atoms with Crippen molar-refractivity contribution in [2.45, 2.75) is 53.9 Å². The van der Waals surface area contributed by atoms with Gasteiger partial charge in [-0.15, -0.1) is 0 Å². The highest BCUT2D eigenvalue weighted by atomic mass is 16.5. The normalized spacial score (nSPS) is 14.1. The molecule has 1 aromatic heterocycles. The van der Waals surface area contributed by atoms with E-state index >= 15 is 0 Å². The zero-order valence-corrected chi connectivity index (χ0v) is 14.0. The maximum absolute atomic E-state index is 5.52. The Kier molecular flexibility index (Phi) is 6.47. The van der Waals surface area contributed by atoms with E-state index in [4.69, 9.17) is 4.74 Å². The fraction of sp³-hybridized carbons (Fsp3) is 0.706. The van der Waals surface area contributed by atoms with Crippen LogP contribution in [0.4, 0.5) is 0 Å². The van der Waals surface area contributed by atoms with E-state index in [1.165, 1.54) is 24.1 Å². The highest BCUT2D eigenvalue weighted by Gasteiger charge is 2.25. The molecule has 0 bridgehead atoms. The van der Waals surface area contributed by atoms with Crippen LogP contribution in [-0.4, -0.2) is 25.2 Å². The highest BCUT2D eigenvalue weighted by molar-refractivity contribution is 5.41. The van der Waals surface area contributed by atoms with Gasteiger partial charge in [0.25, 0.3) is 0 Å². The molecule has 0 spiro atoms. The topological polar surface area (TPSA) is 34.2 Å². The summed E-state index contributed by atoms with van der Waals surface area (Å²) in [6.45, 7) is 13.0. The second-order valence-electron chi connectivity index (χ2n) is 6.06. The summed E-state index contributed by atoms with van der Waals surface area (Å²) in [4.78, 5) is 4.65. The maximum atomic E-state index is 5.52. The summed E-state index contributed by atoms with van der Waals surface area (Å²) in [5.74, 6) is 0.984. The van der Waals surface area contributed by atoms with Gasteiger partial charge in [0.2, 0.25) is 0 Å². The second kappa shape index (κ2) is 7.63.